The minimum Gasteiger partial charge on any atom is -0.329 e. The highest BCUT2D eigenvalue weighted by Crippen LogP contribution is 2.27. The van der Waals surface area contributed by atoms with Crippen molar-refractivity contribution in [3.63, 3.8) is 0 Å². The summed E-state index contributed by atoms with van der Waals surface area (Å²) in [7, 11) is 0. The van der Waals surface area contributed by atoms with Crippen molar-refractivity contribution in [3.8, 4) is 0 Å². The van der Waals surface area contributed by atoms with Crippen molar-refractivity contribution >= 4 is 11.6 Å². The average Bonchev–Trinajstić information content (AvgIpc) is 2.42. The molecule has 3 N–H and O–H groups in total. The van der Waals surface area contributed by atoms with Gasteiger partial charge in [0.05, 0.1) is 5.41 Å². The fourth-order valence-corrected chi connectivity index (χ4v) is 2.17. The van der Waals surface area contributed by atoms with Crippen LogP contribution < -0.4 is 11.1 Å². The average molecular weight is 262 g/mol. The second-order valence-electron chi connectivity index (χ2n) is 5.42. The molecule has 0 heterocycles. The van der Waals surface area contributed by atoms with Crippen molar-refractivity contribution in [2.45, 2.75) is 46.5 Å². The molecule has 0 spiro atoms. The van der Waals surface area contributed by atoms with E-state index < -0.39 is 5.41 Å². The molecule has 0 atom stereocenters. The molecule has 0 aromatic heterocycles. The molecule has 1 aromatic carbocycles. The highest BCUT2D eigenvalue weighted by molar-refractivity contribution is 5.95. The summed E-state index contributed by atoms with van der Waals surface area (Å²) in [6.45, 7) is 8.72. The zero-order chi connectivity index (χ0) is 14.5. The Morgan fingerprint density at radius 1 is 1.21 bits per heavy atom. The van der Waals surface area contributed by atoms with Gasteiger partial charge in [0.2, 0.25) is 5.91 Å². The van der Waals surface area contributed by atoms with Crippen molar-refractivity contribution in [2.75, 3.05) is 11.9 Å². The smallest absolute Gasteiger partial charge is 0.231 e. The van der Waals surface area contributed by atoms with Crippen LogP contribution in [0, 0.1) is 5.41 Å². The fourth-order valence-electron chi connectivity index (χ4n) is 2.17. The molecule has 19 heavy (non-hydrogen) atoms. The minimum atomic E-state index is -0.448. The quantitative estimate of drug-likeness (QED) is 0.824. The maximum absolute atomic E-state index is 12.4. The predicted octanol–water partition coefficient (Wildman–Crippen LogP) is 3.51. The van der Waals surface area contributed by atoms with Gasteiger partial charge in [-0.3, -0.25) is 4.79 Å². The number of carbonyl (C=O) groups is 1. The van der Waals surface area contributed by atoms with E-state index in [0.29, 0.717) is 12.5 Å². The topological polar surface area (TPSA) is 55.1 Å². The van der Waals surface area contributed by atoms with E-state index in [1.54, 1.807) is 0 Å². The molecule has 0 saturated carbocycles. The second kappa shape index (κ2) is 6.71. The van der Waals surface area contributed by atoms with Crippen molar-refractivity contribution in [1.29, 1.82) is 0 Å². The van der Waals surface area contributed by atoms with Crippen molar-refractivity contribution in [2.24, 2.45) is 11.1 Å². The summed E-state index contributed by atoms with van der Waals surface area (Å²) < 4.78 is 0. The summed E-state index contributed by atoms with van der Waals surface area (Å²) in [6, 6.07) is 8.03. The maximum atomic E-state index is 12.4. The van der Waals surface area contributed by atoms with E-state index in [2.05, 4.69) is 31.3 Å². The fraction of sp³-hybridized carbons (Fsp3) is 0.562. The van der Waals surface area contributed by atoms with Crippen molar-refractivity contribution in [3.05, 3.63) is 29.8 Å². The number of benzene rings is 1. The van der Waals surface area contributed by atoms with Gasteiger partial charge < -0.3 is 11.1 Å². The summed E-state index contributed by atoms with van der Waals surface area (Å²) in [6.07, 6.45) is 1.52. The van der Waals surface area contributed by atoms with E-state index in [-0.39, 0.29) is 5.91 Å². The van der Waals surface area contributed by atoms with Crippen LogP contribution in [0.25, 0.3) is 0 Å². The van der Waals surface area contributed by atoms with Crippen LogP contribution in [0.3, 0.4) is 0 Å². The monoisotopic (exact) mass is 262 g/mol. The van der Waals surface area contributed by atoms with Gasteiger partial charge in [-0.1, -0.05) is 39.8 Å². The van der Waals surface area contributed by atoms with Gasteiger partial charge in [-0.15, -0.1) is 0 Å². The van der Waals surface area contributed by atoms with Gasteiger partial charge in [0.1, 0.15) is 0 Å². The summed E-state index contributed by atoms with van der Waals surface area (Å²) in [5.41, 5.74) is 7.45. The van der Waals surface area contributed by atoms with Crippen molar-refractivity contribution < 1.29 is 4.79 Å². The van der Waals surface area contributed by atoms with Gasteiger partial charge >= 0.3 is 0 Å². The van der Waals surface area contributed by atoms with Crippen LogP contribution in [0.2, 0.25) is 0 Å². The highest BCUT2D eigenvalue weighted by atomic mass is 16.2. The Morgan fingerprint density at radius 3 is 2.11 bits per heavy atom. The van der Waals surface area contributed by atoms with Gasteiger partial charge in [0.25, 0.3) is 0 Å². The zero-order valence-electron chi connectivity index (χ0n) is 12.5. The number of hydrogen-bond donors (Lipinski definition) is 2. The SMILES string of the molecule is CCC(CC)(CN)C(=O)Nc1ccc(C(C)C)cc1. The molecule has 106 valence electrons. The third-order valence-corrected chi connectivity index (χ3v) is 4.06. The van der Waals surface area contributed by atoms with Crippen LogP contribution in [0.4, 0.5) is 5.69 Å². The number of amides is 1. The molecule has 0 unspecified atom stereocenters. The van der Waals surface area contributed by atoms with Crippen molar-refractivity contribution in [1.82, 2.24) is 0 Å². The van der Waals surface area contributed by atoms with Gasteiger partial charge in [-0.2, -0.15) is 0 Å². The maximum Gasteiger partial charge on any atom is 0.231 e. The zero-order valence-corrected chi connectivity index (χ0v) is 12.5. The lowest BCUT2D eigenvalue weighted by molar-refractivity contribution is -0.125. The van der Waals surface area contributed by atoms with E-state index in [9.17, 15) is 4.79 Å². The predicted molar refractivity (Wildman–Crippen MR) is 81.2 cm³/mol. The Morgan fingerprint density at radius 2 is 1.74 bits per heavy atom. The van der Waals surface area contributed by atoms with Crippen LogP contribution >= 0.6 is 0 Å². The first-order valence-electron chi connectivity index (χ1n) is 7.10. The largest absolute Gasteiger partial charge is 0.329 e. The molecule has 0 saturated heterocycles. The highest BCUT2D eigenvalue weighted by Gasteiger charge is 2.33. The van der Waals surface area contributed by atoms with Gasteiger partial charge in [-0.05, 0) is 36.5 Å². The summed E-state index contributed by atoms with van der Waals surface area (Å²) in [5, 5.41) is 2.98. The number of anilines is 1. The molecule has 0 aliphatic rings. The van der Waals surface area contributed by atoms with Gasteiger partial charge in [-0.25, -0.2) is 0 Å². The Balaban J connectivity index is 2.81. The molecule has 1 amide bonds. The van der Waals surface area contributed by atoms with Crippen LogP contribution in [-0.2, 0) is 4.79 Å². The molecule has 3 heteroatoms. The number of rotatable bonds is 6. The summed E-state index contributed by atoms with van der Waals surface area (Å²) in [5.74, 6) is 0.525. The number of nitrogens with two attached hydrogens (primary N) is 1. The Labute approximate surface area is 116 Å². The summed E-state index contributed by atoms with van der Waals surface area (Å²) >= 11 is 0. The van der Waals surface area contributed by atoms with Crippen LogP contribution in [0.5, 0.6) is 0 Å². The van der Waals surface area contributed by atoms with Gasteiger partial charge in [0.15, 0.2) is 0 Å². The Bertz CT molecular complexity index is 397. The van der Waals surface area contributed by atoms with Crippen LogP contribution in [0.1, 0.15) is 52.0 Å². The molecule has 0 aliphatic heterocycles. The first kappa shape index (κ1) is 15.7. The van der Waals surface area contributed by atoms with Crippen LogP contribution in [-0.4, -0.2) is 12.5 Å². The van der Waals surface area contributed by atoms with E-state index in [4.69, 9.17) is 5.73 Å². The standard InChI is InChI=1S/C16H26N2O/c1-5-16(6-2,11-17)15(19)18-14-9-7-13(8-10-14)12(3)4/h7-10,12H,5-6,11,17H2,1-4H3,(H,18,19). The third kappa shape index (κ3) is 3.57. The number of carbonyl (C=O) groups excluding carboxylic acids is 1. The minimum absolute atomic E-state index is 0.0253. The second-order valence-corrected chi connectivity index (χ2v) is 5.42. The first-order chi connectivity index (χ1) is 8.99. The lowest BCUT2D eigenvalue weighted by Gasteiger charge is -2.28. The molecular weight excluding hydrogens is 236 g/mol. The molecule has 1 rings (SSSR count). The lowest BCUT2D eigenvalue weighted by atomic mass is 9.81. The molecule has 3 nitrogen and oxygen atoms in total. The normalized spacial score (nSPS) is 11.7. The molecule has 1 aromatic rings. The van der Waals surface area contributed by atoms with Crippen LogP contribution in [0.15, 0.2) is 24.3 Å². The van der Waals surface area contributed by atoms with Gasteiger partial charge in [0, 0.05) is 12.2 Å². The molecular formula is C16H26N2O. The lowest BCUT2D eigenvalue weighted by Crippen LogP contribution is -2.41. The third-order valence-electron chi connectivity index (χ3n) is 4.06. The van der Waals surface area contributed by atoms with E-state index >= 15 is 0 Å². The molecule has 0 aliphatic carbocycles. The first-order valence-corrected chi connectivity index (χ1v) is 7.10. The molecule has 0 radical (unpaired) electrons. The molecule has 0 fully saturated rings. The summed E-state index contributed by atoms with van der Waals surface area (Å²) in [4.78, 5) is 12.4. The molecule has 0 bridgehead atoms. The van der Waals surface area contributed by atoms with E-state index in [1.165, 1.54) is 5.56 Å². The van der Waals surface area contributed by atoms with E-state index in [1.807, 2.05) is 26.0 Å². The number of hydrogen-bond acceptors (Lipinski definition) is 2. The Hall–Kier alpha value is -1.35. The number of nitrogens with one attached hydrogen (secondary N) is 1. The van der Waals surface area contributed by atoms with E-state index in [0.717, 1.165) is 18.5 Å². The Kier molecular flexibility index (Phi) is 5.55.